The van der Waals surface area contributed by atoms with Crippen molar-refractivity contribution in [3.8, 4) is 0 Å². The van der Waals surface area contributed by atoms with Crippen molar-refractivity contribution < 1.29 is 4.79 Å². The van der Waals surface area contributed by atoms with E-state index in [1.54, 1.807) is 13.1 Å². The summed E-state index contributed by atoms with van der Waals surface area (Å²) in [6.45, 7) is 4.79. The zero-order chi connectivity index (χ0) is 13.2. The highest BCUT2D eigenvalue weighted by Gasteiger charge is 2.19. The van der Waals surface area contributed by atoms with Crippen LogP contribution in [-0.4, -0.2) is 47.0 Å². The molecule has 0 atom stereocenters. The summed E-state index contributed by atoms with van der Waals surface area (Å²) in [5, 5.41) is 1.05. The predicted octanol–water partition coefficient (Wildman–Crippen LogP) is 1.30. The van der Waals surface area contributed by atoms with Crippen molar-refractivity contribution in [3.63, 3.8) is 0 Å². The smallest absolute Gasteiger partial charge is 0.219 e. The Morgan fingerprint density at radius 1 is 1.16 bits per heavy atom. The minimum absolute atomic E-state index is 0.146. The number of fused-ring (bicyclic) bond motifs is 1. The third-order valence-electron chi connectivity index (χ3n) is 3.50. The van der Waals surface area contributed by atoms with Crippen LogP contribution in [0.4, 0.5) is 5.82 Å². The molecule has 98 valence electrons. The molecule has 1 aliphatic rings. The number of carbonyl (C=O) groups is 1. The molecule has 3 rings (SSSR count). The average molecular weight is 256 g/mol. The molecule has 1 fully saturated rings. The highest BCUT2D eigenvalue weighted by atomic mass is 16.2. The summed E-state index contributed by atoms with van der Waals surface area (Å²) in [7, 11) is 0. The molecule has 5 nitrogen and oxygen atoms in total. The molecule has 0 spiro atoms. The van der Waals surface area contributed by atoms with Crippen LogP contribution in [0.2, 0.25) is 0 Å². The molecule has 0 aliphatic carbocycles. The zero-order valence-electron chi connectivity index (χ0n) is 10.9. The summed E-state index contributed by atoms with van der Waals surface area (Å²) in [6.07, 6.45) is 1.76. The van der Waals surface area contributed by atoms with E-state index in [-0.39, 0.29) is 5.91 Å². The van der Waals surface area contributed by atoms with Crippen LogP contribution in [0, 0.1) is 0 Å². The van der Waals surface area contributed by atoms with Gasteiger partial charge in [-0.15, -0.1) is 0 Å². The molecule has 0 N–H and O–H groups in total. The number of rotatable bonds is 1. The van der Waals surface area contributed by atoms with Gasteiger partial charge in [0.05, 0.1) is 0 Å². The van der Waals surface area contributed by atoms with E-state index < -0.39 is 0 Å². The fraction of sp³-hybridized carbons (Fsp3) is 0.357. The Hall–Kier alpha value is -2.17. The third kappa shape index (κ3) is 2.36. The number of hydrogen-bond donors (Lipinski definition) is 0. The Morgan fingerprint density at radius 2 is 1.95 bits per heavy atom. The lowest BCUT2D eigenvalue weighted by Gasteiger charge is -2.34. The van der Waals surface area contributed by atoms with E-state index in [0.29, 0.717) is 0 Å². The van der Waals surface area contributed by atoms with Gasteiger partial charge in [0.1, 0.15) is 5.82 Å². The molecule has 2 aromatic heterocycles. The largest absolute Gasteiger partial charge is 0.353 e. The molecule has 5 heteroatoms. The number of carbonyl (C=O) groups excluding carboxylic acids is 1. The number of aromatic nitrogens is 2. The van der Waals surface area contributed by atoms with Gasteiger partial charge in [-0.3, -0.25) is 4.79 Å². The summed E-state index contributed by atoms with van der Waals surface area (Å²) in [5.74, 6) is 1.09. The van der Waals surface area contributed by atoms with Gasteiger partial charge in [-0.2, -0.15) is 0 Å². The Kier molecular flexibility index (Phi) is 3.03. The first-order valence-corrected chi connectivity index (χ1v) is 6.46. The lowest BCUT2D eigenvalue weighted by molar-refractivity contribution is -0.129. The maximum Gasteiger partial charge on any atom is 0.219 e. The van der Waals surface area contributed by atoms with Gasteiger partial charge < -0.3 is 9.80 Å². The molecule has 3 heterocycles. The molecular weight excluding hydrogens is 240 g/mol. The second-order valence-electron chi connectivity index (χ2n) is 4.71. The normalized spacial score (nSPS) is 15.8. The SMILES string of the molecule is CC(=O)N1CCN(c2ccc3cccnc3n2)CC1. The number of nitrogens with zero attached hydrogens (tertiary/aromatic N) is 4. The Morgan fingerprint density at radius 3 is 2.68 bits per heavy atom. The summed E-state index contributed by atoms with van der Waals surface area (Å²) in [5.41, 5.74) is 0.772. The van der Waals surface area contributed by atoms with Crippen molar-refractivity contribution in [2.24, 2.45) is 0 Å². The van der Waals surface area contributed by atoms with E-state index in [1.807, 2.05) is 29.2 Å². The molecule has 1 saturated heterocycles. The molecule has 1 aliphatic heterocycles. The van der Waals surface area contributed by atoms with Crippen molar-refractivity contribution >= 4 is 22.8 Å². The second-order valence-corrected chi connectivity index (χ2v) is 4.71. The molecule has 0 bridgehead atoms. The minimum Gasteiger partial charge on any atom is -0.353 e. The highest BCUT2D eigenvalue weighted by Crippen LogP contribution is 2.17. The molecule has 0 radical (unpaired) electrons. The average Bonchev–Trinajstić information content (AvgIpc) is 2.47. The lowest BCUT2D eigenvalue weighted by Crippen LogP contribution is -2.48. The second kappa shape index (κ2) is 4.84. The Bertz CT molecular complexity index is 605. The van der Waals surface area contributed by atoms with Crippen molar-refractivity contribution in [3.05, 3.63) is 30.5 Å². The molecule has 0 saturated carbocycles. The van der Waals surface area contributed by atoms with Gasteiger partial charge in [0.15, 0.2) is 5.65 Å². The highest BCUT2D eigenvalue weighted by molar-refractivity contribution is 5.76. The van der Waals surface area contributed by atoms with E-state index >= 15 is 0 Å². The zero-order valence-corrected chi connectivity index (χ0v) is 10.9. The Balaban J connectivity index is 1.80. The monoisotopic (exact) mass is 256 g/mol. The topological polar surface area (TPSA) is 49.3 Å². The number of anilines is 1. The molecule has 2 aromatic rings. The van der Waals surface area contributed by atoms with E-state index in [9.17, 15) is 4.79 Å². The van der Waals surface area contributed by atoms with E-state index in [2.05, 4.69) is 14.9 Å². The number of hydrogen-bond acceptors (Lipinski definition) is 4. The maximum absolute atomic E-state index is 11.3. The van der Waals surface area contributed by atoms with Crippen LogP contribution in [0.25, 0.3) is 11.0 Å². The molecule has 19 heavy (non-hydrogen) atoms. The molecule has 1 amide bonds. The van der Waals surface area contributed by atoms with Crippen LogP contribution < -0.4 is 4.90 Å². The van der Waals surface area contributed by atoms with Gasteiger partial charge in [-0.25, -0.2) is 9.97 Å². The standard InChI is InChI=1S/C14H16N4O/c1-11(19)17-7-9-18(10-8-17)13-5-4-12-3-2-6-15-14(12)16-13/h2-6H,7-10H2,1H3. The number of amides is 1. The van der Waals surface area contributed by atoms with Crippen LogP contribution in [-0.2, 0) is 4.79 Å². The Labute approximate surface area is 111 Å². The van der Waals surface area contributed by atoms with Gasteiger partial charge >= 0.3 is 0 Å². The first-order chi connectivity index (χ1) is 9.24. The lowest BCUT2D eigenvalue weighted by atomic mass is 10.2. The van der Waals surface area contributed by atoms with E-state index in [4.69, 9.17) is 0 Å². The number of piperazine rings is 1. The minimum atomic E-state index is 0.146. The van der Waals surface area contributed by atoms with Gasteiger partial charge in [0.2, 0.25) is 5.91 Å². The summed E-state index contributed by atoms with van der Waals surface area (Å²) in [6, 6.07) is 7.98. The maximum atomic E-state index is 11.3. The molecular formula is C14H16N4O. The van der Waals surface area contributed by atoms with Gasteiger partial charge in [-0.1, -0.05) is 0 Å². The van der Waals surface area contributed by atoms with Gasteiger partial charge in [0, 0.05) is 44.7 Å². The van der Waals surface area contributed by atoms with E-state index in [1.165, 1.54) is 0 Å². The fourth-order valence-electron chi connectivity index (χ4n) is 2.37. The molecule has 0 unspecified atom stereocenters. The summed E-state index contributed by atoms with van der Waals surface area (Å²) >= 11 is 0. The van der Waals surface area contributed by atoms with Crippen molar-refractivity contribution in [2.45, 2.75) is 6.92 Å². The molecule has 0 aromatic carbocycles. The van der Waals surface area contributed by atoms with Crippen molar-refractivity contribution in [2.75, 3.05) is 31.1 Å². The number of pyridine rings is 2. The van der Waals surface area contributed by atoms with Gasteiger partial charge in [-0.05, 0) is 24.3 Å². The fourth-order valence-corrected chi connectivity index (χ4v) is 2.37. The van der Waals surface area contributed by atoms with Crippen LogP contribution in [0.15, 0.2) is 30.5 Å². The van der Waals surface area contributed by atoms with E-state index in [0.717, 1.165) is 43.0 Å². The third-order valence-corrected chi connectivity index (χ3v) is 3.50. The van der Waals surface area contributed by atoms with Crippen LogP contribution in [0.1, 0.15) is 6.92 Å². The first-order valence-electron chi connectivity index (χ1n) is 6.46. The van der Waals surface area contributed by atoms with Crippen LogP contribution in [0.5, 0.6) is 0 Å². The van der Waals surface area contributed by atoms with Crippen molar-refractivity contribution in [1.29, 1.82) is 0 Å². The summed E-state index contributed by atoms with van der Waals surface area (Å²) < 4.78 is 0. The van der Waals surface area contributed by atoms with Crippen LogP contribution >= 0.6 is 0 Å². The summed E-state index contributed by atoms with van der Waals surface area (Å²) in [4.78, 5) is 24.2. The predicted molar refractivity (Wildman–Crippen MR) is 74.0 cm³/mol. The van der Waals surface area contributed by atoms with Crippen molar-refractivity contribution in [1.82, 2.24) is 14.9 Å². The van der Waals surface area contributed by atoms with Crippen LogP contribution in [0.3, 0.4) is 0 Å². The first kappa shape index (κ1) is 11.9. The van der Waals surface area contributed by atoms with Gasteiger partial charge in [0.25, 0.3) is 0 Å². The quantitative estimate of drug-likeness (QED) is 0.771.